The fourth-order valence-corrected chi connectivity index (χ4v) is 1.90. The van der Waals surface area contributed by atoms with Gasteiger partial charge in [0, 0.05) is 6.54 Å². The largest absolute Gasteiger partial charge is 0.479 e. The maximum Gasteiger partial charge on any atom is 0.334 e. The van der Waals surface area contributed by atoms with Crippen molar-refractivity contribution in [3.05, 3.63) is 17.8 Å². The number of carboxylic acid groups (broad SMARTS) is 1. The molecular formula is C11H14N2O5. The lowest BCUT2D eigenvalue weighted by atomic mass is 10.2. The average molecular weight is 254 g/mol. The number of aromatic nitrogens is 1. The third kappa shape index (κ3) is 2.35. The van der Waals surface area contributed by atoms with Crippen LogP contribution in [0.3, 0.4) is 0 Å². The van der Waals surface area contributed by atoms with E-state index in [1.165, 1.54) is 11.3 Å². The van der Waals surface area contributed by atoms with Gasteiger partial charge in [0.2, 0.25) is 5.76 Å². The van der Waals surface area contributed by atoms with Crippen molar-refractivity contribution in [1.29, 1.82) is 0 Å². The predicted molar refractivity (Wildman–Crippen MR) is 59.1 cm³/mol. The van der Waals surface area contributed by atoms with Crippen molar-refractivity contribution in [3.63, 3.8) is 0 Å². The number of aryl methyl sites for hydroxylation is 1. The molecule has 1 aliphatic rings. The monoisotopic (exact) mass is 254 g/mol. The molecule has 1 aliphatic heterocycles. The van der Waals surface area contributed by atoms with Crippen LogP contribution >= 0.6 is 0 Å². The van der Waals surface area contributed by atoms with Gasteiger partial charge in [-0.15, -0.1) is 0 Å². The van der Waals surface area contributed by atoms with E-state index in [9.17, 15) is 9.59 Å². The predicted octanol–water partition coefficient (Wildman–Crippen LogP) is 0.297. The van der Waals surface area contributed by atoms with Crippen LogP contribution in [0.2, 0.25) is 0 Å². The SMILES string of the molecule is Cc1ncoc1C(=O)N1CC(C(=O)O)O[C@H](C)C1. The fourth-order valence-electron chi connectivity index (χ4n) is 1.90. The maximum atomic E-state index is 12.1. The Hall–Kier alpha value is -1.89. The first-order chi connectivity index (χ1) is 8.49. The highest BCUT2D eigenvalue weighted by Gasteiger charge is 2.34. The summed E-state index contributed by atoms with van der Waals surface area (Å²) in [6.45, 7) is 3.74. The van der Waals surface area contributed by atoms with Gasteiger partial charge >= 0.3 is 5.97 Å². The molecule has 1 unspecified atom stereocenters. The first-order valence-corrected chi connectivity index (χ1v) is 5.56. The van der Waals surface area contributed by atoms with E-state index >= 15 is 0 Å². The summed E-state index contributed by atoms with van der Waals surface area (Å²) in [6.07, 6.45) is -0.130. The van der Waals surface area contributed by atoms with Crippen molar-refractivity contribution in [2.24, 2.45) is 0 Å². The zero-order valence-electron chi connectivity index (χ0n) is 10.1. The van der Waals surface area contributed by atoms with E-state index in [2.05, 4.69) is 4.98 Å². The molecule has 1 aromatic heterocycles. The van der Waals surface area contributed by atoms with Crippen LogP contribution in [-0.2, 0) is 9.53 Å². The van der Waals surface area contributed by atoms with Crippen LogP contribution < -0.4 is 0 Å². The first-order valence-electron chi connectivity index (χ1n) is 5.56. The maximum absolute atomic E-state index is 12.1. The third-order valence-corrected chi connectivity index (χ3v) is 2.76. The lowest BCUT2D eigenvalue weighted by Gasteiger charge is -2.34. The Morgan fingerprint density at radius 3 is 2.78 bits per heavy atom. The molecule has 0 aromatic carbocycles. The number of aliphatic carboxylic acids is 1. The van der Waals surface area contributed by atoms with E-state index in [0.717, 1.165) is 0 Å². The van der Waals surface area contributed by atoms with E-state index in [-0.39, 0.29) is 24.3 Å². The molecule has 1 fully saturated rings. The van der Waals surface area contributed by atoms with Crippen LogP contribution in [0.25, 0.3) is 0 Å². The number of hydrogen-bond acceptors (Lipinski definition) is 5. The Morgan fingerprint density at radius 2 is 2.22 bits per heavy atom. The van der Waals surface area contributed by atoms with E-state index in [1.54, 1.807) is 13.8 Å². The number of carboxylic acids is 1. The molecule has 0 radical (unpaired) electrons. The Morgan fingerprint density at radius 1 is 1.50 bits per heavy atom. The Labute approximate surface area is 103 Å². The molecule has 1 N–H and O–H groups in total. The summed E-state index contributed by atoms with van der Waals surface area (Å²) in [6, 6.07) is 0. The van der Waals surface area contributed by atoms with Gasteiger partial charge in [0.25, 0.3) is 5.91 Å². The molecule has 0 spiro atoms. The van der Waals surface area contributed by atoms with E-state index in [1.807, 2.05) is 0 Å². The quantitative estimate of drug-likeness (QED) is 0.815. The van der Waals surface area contributed by atoms with Crippen LogP contribution in [0.15, 0.2) is 10.8 Å². The topological polar surface area (TPSA) is 92.9 Å². The molecule has 0 bridgehead atoms. The van der Waals surface area contributed by atoms with Crippen LogP contribution in [0.4, 0.5) is 0 Å². The number of oxazole rings is 1. The lowest BCUT2D eigenvalue weighted by molar-refractivity contribution is -0.160. The summed E-state index contributed by atoms with van der Waals surface area (Å²) in [5.74, 6) is -1.28. The molecular weight excluding hydrogens is 240 g/mol. The second-order valence-electron chi connectivity index (χ2n) is 4.25. The first kappa shape index (κ1) is 12.6. The second-order valence-corrected chi connectivity index (χ2v) is 4.25. The lowest BCUT2D eigenvalue weighted by Crippen LogP contribution is -2.51. The molecule has 7 heteroatoms. The van der Waals surface area contributed by atoms with Gasteiger partial charge in [0.05, 0.1) is 18.3 Å². The van der Waals surface area contributed by atoms with Crippen molar-refractivity contribution in [2.45, 2.75) is 26.1 Å². The van der Waals surface area contributed by atoms with Gasteiger partial charge in [-0.1, -0.05) is 0 Å². The smallest absolute Gasteiger partial charge is 0.334 e. The minimum atomic E-state index is -1.08. The molecule has 2 heterocycles. The summed E-state index contributed by atoms with van der Waals surface area (Å²) in [5.41, 5.74) is 0.492. The van der Waals surface area contributed by atoms with E-state index in [0.29, 0.717) is 12.2 Å². The molecule has 18 heavy (non-hydrogen) atoms. The van der Waals surface area contributed by atoms with Gasteiger partial charge in [-0.2, -0.15) is 0 Å². The molecule has 1 amide bonds. The molecule has 1 saturated heterocycles. The van der Waals surface area contributed by atoms with Crippen molar-refractivity contribution < 1.29 is 23.8 Å². The summed E-state index contributed by atoms with van der Waals surface area (Å²) in [7, 11) is 0. The van der Waals surface area contributed by atoms with Gasteiger partial charge in [0.15, 0.2) is 12.5 Å². The number of amides is 1. The van der Waals surface area contributed by atoms with Crippen molar-refractivity contribution >= 4 is 11.9 Å². The van der Waals surface area contributed by atoms with Crippen LogP contribution in [-0.4, -0.2) is 52.2 Å². The number of hydrogen-bond donors (Lipinski definition) is 1. The molecule has 0 saturated carbocycles. The Balaban J connectivity index is 2.15. The van der Waals surface area contributed by atoms with E-state index < -0.39 is 12.1 Å². The van der Waals surface area contributed by atoms with Gasteiger partial charge in [-0.05, 0) is 13.8 Å². The Bertz CT molecular complexity index is 470. The molecule has 1 aromatic rings. The number of carbonyl (C=O) groups is 2. The number of ether oxygens (including phenoxy) is 1. The van der Waals surface area contributed by atoms with Crippen LogP contribution in [0.1, 0.15) is 23.2 Å². The molecule has 2 atom stereocenters. The standard InChI is InChI=1S/C11H14N2O5/c1-6-3-13(4-8(18-6)11(15)16)10(14)9-7(2)12-5-17-9/h5-6,8H,3-4H2,1-2H3,(H,15,16)/t6-,8?/m1/s1. The molecule has 7 nitrogen and oxygen atoms in total. The minimum absolute atomic E-state index is 0.0125. The fraction of sp³-hybridized carbons (Fsp3) is 0.545. The highest BCUT2D eigenvalue weighted by Crippen LogP contribution is 2.16. The number of nitrogens with zero attached hydrogens (tertiary/aromatic N) is 2. The number of morpholine rings is 1. The van der Waals surface area contributed by atoms with Crippen molar-refractivity contribution in [1.82, 2.24) is 9.88 Å². The summed E-state index contributed by atoms with van der Waals surface area (Å²) in [5, 5.41) is 8.94. The minimum Gasteiger partial charge on any atom is -0.479 e. The summed E-state index contributed by atoms with van der Waals surface area (Å²) in [4.78, 5) is 28.3. The van der Waals surface area contributed by atoms with Crippen molar-refractivity contribution in [3.8, 4) is 0 Å². The zero-order valence-corrected chi connectivity index (χ0v) is 10.1. The molecule has 2 rings (SSSR count). The van der Waals surface area contributed by atoms with Gasteiger partial charge < -0.3 is 19.2 Å². The third-order valence-electron chi connectivity index (χ3n) is 2.76. The van der Waals surface area contributed by atoms with Crippen LogP contribution in [0.5, 0.6) is 0 Å². The molecule has 98 valence electrons. The number of rotatable bonds is 2. The highest BCUT2D eigenvalue weighted by molar-refractivity contribution is 5.92. The highest BCUT2D eigenvalue weighted by atomic mass is 16.5. The van der Waals surface area contributed by atoms with Crippen molar-refractivity contribution in [2.75, 3.05) is 13.1 Å². The summed E-state index contributed by atoms with van der Waals surface area (Å²) < 4.78 is 10.3. The average Bonchev–Trinajstić information content (AvgIpc) is 2.73. The van der Waals surface area contributed by atoms with Crippen LogP contribution in [0, 0.1) is 6.92 Å². The number of carbonyl (C=O) groups excluding carboxylic acids is 1. The van der Waals surface area contributed by atoms with Gasteiger partial charge in [-0.3, -0.25) is 4.79 Å². The molecule has 0 aliphatic carbocycles. The normalized spacial score (nSPS) is 24.0. The Kier molecular flexibility index (Phi) is 3.33. The van der Waals surface area contributed by atoms with E-state index in [4.69, 9.17) is 14.3 Å². The summed E-state index contributed by atoms with van der Waals surface area (Å²) >= 11 is 0. The van der Waals surface area contributed by atoms with Gasteiger partial charge in [0.1, 0.15) is 0 Å². The second kappa shape index (κ2) is 4.77. The zero-order chi connectivity index (χ0) is 13.3. The van der Waals surface area contributed by atoms with Gasteiger partial charge in [-0.25, -0.2) is 9.78 Å².